The number of hydrogen-bond donors (Lipinski definition) is 0. The lowest BCUT2D eigenvalue weighted by Gasteiger charge is -1.99. The molecule has 4 aromatic carbocycles. The lowest BCUT2D eigenvalue weighted by atomic mass is 10.1. The highest BCUT2D eigenvalue weighted by molar-refractivity contribution is 7.40. The molecule has 3 heterocycles. The molecule has 41 heavy (non-hydrogen) atoms. The number of fused-ring (bicyclic) bond motifs is 3. The van der Waals surface area contributed by atoms with E-state index in [1.54, 1.807) is 0 Å². The molecule has 3 heteroatoms. The van der Waals surface area contributed by atoms with Gasteiger partial charge < -0.3 is 0 Å². The molecule has 0 radical (unpaired) electrons. The van der Waals surface area contributed by atoms with Crippen LogP contribution in [-0.2, 0) is 0 Å². The predicted octanol–water partition coefficient (Wildman–Crippen LogP) is 12.5. The van der Waals surface area contributed by atoms with E-state index in [1.807, 2.05) is 34.0 Å². The largest absolute Gasteiger partial charge is 0.133 e. The summed E-state index contributed by atoms with van der Waals surface area (Å²) < 4.78 is 5.60. The van der Waals surface area contributed by atoms with Crippen LogP contribution in [-0.4, -0.2) is 0 Å². The average molecular weight is 581 g/mol. The first-order valence-electron chi connectivity index (χ1n) is 13.7. The van der Waals surface area contributed by atoms with Crippen LogP contribution < -0.4 is 0 Å². The molecule has 7 aromatic rings. The zero-order chi connectivity index (χ0) is 27.8. The fourth-order valence-electron chi connectivity index (χ4n) is 4.88. The maximum atomic E-state index is 2.36. The summed E-state index contributed by atoms with van der Waals surface area (Å²) in [5, 5.41) is 0. The fraction of sp³-hybridized carbons (Fsp3) is 0.0526. The van der Waals surface area contributed by atoms with E-state index in [0.717, 1.165) is 0 Å². The summed E-state index contributed by atoms with van der Waals surface area (Å²) in [6, 6.07) is 39.8. The molecule has 0 aliphatic rings. The Labute approximate surface area is 253 Å². The lowest BCUT2D eigenvalue weighted by molar-refractivity contribution is 1.46. The molecular weight excluding hydrogens is 553 g/mol. The summed E-state index contributed by atoms with van der Waals surface area (Å²) in [5.41, 5.74) is 10.0. The Morgan fingerprint density at radius 1 is 0.390 bits per heavy atom. The molecule has 0 aliphatic carbocycles. The third-order valence-corrected chi connectivity index (χ3v) is 11.2. The van der Waals surface area contributed by atoms with Gasteiger partial charge in [-0.1, -0.05) is 132 Å². The Balaban J connectivity index is 1.09. The molecule has 0 aliphatic heterocycles. The highest BCUT2D eigenvalue weighted by Gasteiger charge is 2.15. The normalized spacial score (nSPS) is 12.0. The average Bonchev–Trinajstić information content (AvgIpc) is 3.68. The highest BCUT2D eigenvalue weighted by Crippen LogP contribution is 2.48. The molecule has 198 valence electrons. The molecule has 0 spiro atoms. The first-order chi connectivity index (χ1) is 20.1. The van der Waals surface area contributed by atoms with Gasteiger partial charge in [-0.15, -0.1) is 34.0 Å². The van der Waals surface area contributed by atoms with Crippen molar-refractivity contribution in [2.24, 2.45) is 0 Å². The summed E-state index contributed by atoms with van der Waals surface area (Å²) >= 11 is 5.74. The van der Waals surface area contributed by atoms with Crippen molar-refractivity contribution < 1.29 is 0 Å². The number of benzene rings is 4. The van der Waals surface area contributed by atoms with Crippen molar-refractivity contribution in [1.82, 2.24) is 0 Å². The van der Waals surface area contributed by atoms with Crippen LogP contribution in [0, 0.1) is 13.8 Å². The van der Waals surface area contributed by atoms with Crippen molar-refractivity contribution in [2.45, 2.75) is 13.8 Å². The van der Waals surface area contributed by atoms with Crippen molar-refractivity contribution in [3.8, 4) is 20.9 Å². The molecule has 0 bridgehead atoms. The topological polar surface area (TPSA) is 0 Å². The molecule has 0 saturated heterocycles. The molecule has 0 fully saturated rings. The fourth-order valence-corrected chi connectivity index (χ4v) is 8.91. The van der Waals surface area contributed by atoms with Crippen molar-refractivity contribution in [1.29, 1.82) is 0 Å². The van der Waals surface area contributed by atoms with Crippen molar-refractivity contribution in [3.63, 3.8) is 0 Å². The molecule has 0 N–H and O–H groups in total. The van der Waals surface area contributed by atoms with Gasteiger partial charge in [0.25, 0.3) is 0 Å². The van der Waals surface area contributed by atoms with E-state index in [2.05, 4.69) is 147 Å². The van der Waals surface area contributed by atoms with Crippen LogP contribution in [0.2, 0.25) is 0 Å². The van der Waals surface area contributed by atoms with Gasteiger partial charge in [0, 0.05) is 19.2 Å². The quantitative estimate of drug-likeness (QED) is 0.172. The molecule has 3 aromatic heterocycles. The highest BCUT2D eigenvalue weighted by atomic mass is 32.1. The monoisotopic (exact) mass is 580 g/mol. The Bertz CT molecular complexity index is 1860. The Kier molecular flexibility index (Phi) is 7.02. The number of rotatable bonds is 6. The van der Waals surface area contributed by atoms with E-state index >= 15 is 0 Å². The molecule has 0 atom stereocenters. The molecule has 7 rings (SSSR count). The smallest absolute Gasteiger partial charge is 0.0636 e. The first kappa shape index (κ1) is 25.9. The van der Waals surface area contributed by atoms with E-state index in [9.17, 15) is 0 Å². The summed E-state index contributed by atoms with van der Waals surface area (Å²) in [6.07, 6.45) is 8.72. The number of thiophene rings is 3. The van der Waals surface area contributed by atoms with Gasteiger partial charge in [0.15, 0.2) is 0 Å². The van der Waals surface area contributed by atoms with Gasteiger partial charge >= 0.3 is 0 Å². The van der Waals surface area contributed by atoms with Crippen LogP contribution in [0.25, 0.3) is 64.0 Å². The molecule has 0 nitrogen and oxygen atoms in total. The van der Waals surface area contributed by atoms with Gasteiger partial charge in [-0.3, -0.25) is 0 Å². The van der Waals surface area contributed by atoms with Crippen LogP contribution >= 0.6 is 34.0 Å². The zero-order valence-electron chi connectivity index (χ0n) is 22.9. The third-order valence-electron chi connectivity index (χ3n) is 7.30. The number of aryl methyl sites for hydroxylation is 2. The minimum absolute atomic E-state index is 1.22. The van der Waals surface area contributed by atoms with E-state index in [-0.39, 0.29) is 0 Å². The van der Waals surface area contributed by atoms with E-state index in [1.165, 1.54) is 73.1 Å². The maximum Gasteiger partial charge on any atom is 0.0636 e. The SMILES string of the molecule is Cc1ccc(C=Cc2ccc(-c3cc4sc5cc(-c6ccc(C=Cc7ccc(C)cc7)cc6)sc5c4s3)cc2)cc1. The molecular formula is C38H28S3. The third kappa shape index (κ3) is 5.62. The summed E-state index contributed by atoms with van der Waals surface area (Å²) in [7, 11) is 0. The second kappa shape index (κ2) is 11.1. The van der Waals surface area contributed by atoms with Crippen LogP contribution in [0.4, 0.5) is 0 Å². The predicted molar refractivity (Wildman–Crippen MR) is 186 cm³/mol. The van der Waals surface area contributed by atoms with Gasteiger partial charge in [0.1, 0.15) is 0 Å². The minimum Gasteiger partial charge on any atom is -0.133 e. The van der Waals surface area contributed by atoms with Gasteiger partial charge in [0.2, 0.25) is 0 Å². The summed E-state index contributed by atoms with van der Waals surface area (Å²) in [5.74, 6) is 0. The van der Waals surface area contributed by atoms with Crippen LogP contribution in [0.15, 0.2) is 109 Å². The van der Waals surface area contributed by atoms with Crippen LogP contribution in [0.1, 0.15) is 33.4 Å². The summed E-state index contributed by atoms with van der Waals surface area (Å²) in [6.45, 7) is 4.24. The first-order valence-corrected chi connectivity index (χ1v) is 16.2. The van der Waals surface area contributed by atoms with E-state index in [4.69, 9.17) is 0 Å². The Morgan fingerprint density at radius 2 is 0.707 bits per heavy atom. The van der Waals surface area contributed by atoms with Crippen molar-refractivity contribution in [2.75, 3.05) is 0 Å². The van der Waals surface area contributed by atoms with Crippen LogP contribution in [0.3, 0.4) is 0 Å². The van der Waals surface area contributed by atoms with E-state index in [0.29, 0.717) is 0 Å². The van der Waals surface area contributed by atoms with Crippen molar-refractivity contribution in [3.05, 3.63) is 143 Å². The van der Waals surface area contributed by atoms with Gasteiger partial charge in [-0.25, -0.2) is 0 Å². The second-order valence-corrected chi connectivity index (χ2v) is 13.6. The molecule has 0 amide bonds. The van der Waals surface area contributed by atoms with Gasteiger partial charge in [-0.05, 0) is 59.4 Å². The maximum absolute atomic E-state index is 2.36. The Morgan fingerprint density at radius 3 is 1.05 bits per heavy atom. The molecule has 0 unspecified atom stereocenters. The zero-order valence-corrected chi connectivity index (χ0v) is 25.4. The van der Waals surface area contributed by atoms with Crippen molar-refractivity contribution >= 4 is 77.1 Å². The standard InChI is InChI=1S/C38H28S3/c1-25-3-7-27(8-4-25)11-13-29-15-19-31(20-16-29)33-23-35-37(40-33)38-36(39-35)24-34(41-38)32-21-17-30(18-22-32)14-12-28-9-5-26(2)6-10-28/h3-24H,1-2H3. The minimum atomic E-state index is 1.22. The van der Waals surface area contributed by atoms with E-state index < -0.39 is 0 Å². The van der Waals surface area contributed by atoms with Gasteiger partial charge in [0.05, 0.1) is 9.40 Å². The summed E-state index contributed by atoms with van der Waals surface area (Å²) in [4.78, 5) is 2.67. The second-order valence-electron chi connectivity index (χ2n) is 10.4. The van der Waals surface area contributed by atoms with Crippen LogP contribution in [0.5, 0.6) is 0 Å². The number of hydrogen-bond acceptors (Lipinski definition) is 3. The lowest BCUT2D eigenvalue weighted by Crippen LogP contribution is -1.76. The molecule has 0 saturated carbocycles. The Hall–Kier alpha value is -4.02. The van der Waals surface area contributed by atoms with Gasteiger partial charge in [-0.2, -0.15) is 0 Å².